The first kappa shape index (κ1) is 22.4. The van der Waals surface area contributed by atoms with Crippen molar-refractivity contribution >= 4 is 29.3 Å². The van der Waals surface area contributed by atoms with Gasteiger partial charge in [-0.05, 0) is 55.7 Å². The van der Waals surface area contributed by atoms with E-state index in [0.717, 1.165) is 12.1 Å². The van der Waals surface area contributed by atoms with Crippen molar-refractivity contribution in [3.05, 3.63) is 53.2 Å². The lowest BCUT2D eigenvalue weighted by Gasteiger charge is -2.09. The lowest BCUT2D eigenvalue weighted by molar-refractivity contribution is -0.115. The normalized spacial score (nSPS) is 10.4. The molecule has 1 aromatic carbocycles. The quantitative estimate of drug-likeness (QED) is 0.484. The summed E-state index contributed by atoms with van der Waals surface area (Å²) >= 11 is 1.41. The molecule has 0 radical (unpaired) electrons. The number of rotatable bonds is 9. The summed E-state index contributed by atoms with van der Waals surface area (Å²) in [5, 5.41) is 12.7. The molecule has 0 saturated heterocycles. The fourth-order valence-corrected chi connectivity index (χ4v) is 3.51. The maximum atomic E-state index is 12.2. The van der Waals surface area contributed by atoms with Crippen molar-refractivity contribution in [1.29, 1.82) is 5.26 Å². The molecule has 0 aliphatic rings. The van der Waals surface area contributed by atoms with Crippen LogP contribution < -0.4 is 5.32 Å². The molecule has 152 valence electrons. The van der Waals surface area contributed by atoms with Gasteiger partial charge in [0.2, 0.25) is 5.91 Å². The van der Waals surface area contributed by atoms with E-state index in [1.165, 1.54) is 11.8 Å². The predicted octanol–water partition coefficient (Wildman–Crippen LogP) is 4.45. The van der Waals surface area contributed by atoms with Gasteiger partial charge in [-0.1, -0.05) is 13.8 Å². The first-order chi connectivity index (χ1) is 13.9. The van der Waals surface area contributed by atoms with Crippen LogP contribution in [0.1, 0.15) is 48.8 Å². The molecule has 0 fully saturated rings. The number of hydrogen-bond donors (Lipinski definition) is 1. The van der Waals surface area contributed by atoms with Gasteiger partial charge >= 0.3 is 5.97 Å². The molecule has 2 rings (SSSR count). The van der Waals surface area contributed by atoms with E-state index in [9.17, 15) is 14.9 Å². The fourth-order valence-electron chi connectivity index (χ4n) is 2.57. The number of thioether (sulfide) groups is 1. The zero-order chi connectivity index (χ0) is 21.2. The zero-order valence-corrected chi connectivity index (χ0v) is 17.7. The van der Waals surface area contributed by atoms with Gasteiger partial charge in [-0.25, -0.2) is 9.78 Å². The number of nitrogens with zero attached hydrogens (tertiary/aromatic N) is 2. The minimum absolute atomic E-state index is 0.141. The third-order valence-electron chi connectivity index (χ3n) is 3.90. The molecule has 1 amide bonds. The SMILES string of the molecule is CCOC(=O)c1ccc(NC(=O)CCSc2nc(CC(C)C)ccc2C#N)cc1. The van der Waals surface area contributed by atoms with Crippen molar-refractivity contribution in [3.63, 3.8) is 0 Å². The summed E-state index contributed by atoms with van der Waals surface area (Å²) < 4.78 is 4.93. The first-order valence-corrected chi connectivity index (χ1v) is 10.5. The standard InChI is InChI=1S/C22H25N3O3S/c1-4-28-22(27)16-5-8-18(9-6-16)24-20(26)11-12-29-21-17(14-23)7-10-19(25-21)13-15(2)3/h5-10,15H,4,11-13H2,1-3H3,(H,24,26). The Morgan fingerprint density at radius 2 is 1.93 bits per heavy atom. The molecule has 0 spiro atoms. The van der Waals surface area contributed by atoms with Crippen molar-refractivity contribution in [2.75, 3.05) is 17.7 Å². The molecule has 1 N–H and O–H groups in total. The number of ether oxygens (including phenoxy) is 1. The van der Waals surface area contributed by atoms with Crippen LogP contribution in [0.4, 0.5) is 5.69 Å². The summed E-state index contributed by atoms with van der Waals surface area (Å²) in [5.41, 5.74) is 2.53. The molecule has 7 heteroatoms. The van der Waals surface area contributed by atoms with Crippen molar-refractivity contribution in [3.8, 4) is 6.07 Å². The van der Waals surface area contributed by atoms with E-state index in [-0.39, 0.29) is 18.3 Å². The van der Waals surface area contributed by atoms with Crippen LogP contribution >= 0.6 is 11.8 Å². The topological polar surface area (TPSA) is 92.1 Å². The predicted molar refractivity (Wildman–Crippen MR) is 114 cm³/mol. The number of benzene rings is 1. The molecule has 0 aliphatic carbocycles. The minimum Gasteiger partial charge on any atom is -0.462 e. The highest BCUT2D eigenvalue weighted by Gasteiger charge is 2.10. The number of carbonyl (C=O) groups is 2. The maximum Gasteiger partial charge on any atom is 0.338 e. The highest BCUT2D eigenvalue weighted by atomic mass is 32.2. The third-order valence-corrected chi connectivity index (χ3v) is 4.90. The molecule has 6 nitrogen and oxygen atoms in total. The summed E-state index contributed by atoms with van der Waals surface area (Å²) in [6.07, 6.45) is 1.13. The smallest absolute Gasteiger partial charge is 0.338 e. The monoisotopic (exact) mass is 411 g/mol. The average molecular weight is 412 g/mol. The number of aromatic nitrogens is 1. The second-order valence-corrected chi connectivity index (χ2v) is 7.89. The molecular formula is C22H25N3O3S. The second-order valence-electron chi connectivity index (χ2n) is 6.81. The Labute approximate surface area is 175 Å². The lowest BCUT2D eigenvalue weighted by Crippen LogP contribution is -2.12. The van der Waals surface area contributed by atoms with Crippen LogP contribution in [-0.2, 0) is 16.0 Å². The molecule has 0 atom stereocenters. The molecule has 0 aliphatic heterocycles. The molecule has 0 bridgehead atoms. The molecule has 1 heterocycles. The Kier molecular flexibility index (Phi) is 8.68. The van der Waals surface area contributed by atoms with Crippen molar-refractivity contribution in [2.45, 2.75) is 38.6 Å². The molecular weight excluding hydrogens is 386 g/mol. The van der Waals surface area contributed by atoms with Gasteiger partial charge in [0, 0.05) is 23.6 Å². The Bertz CT molecular complexity index is 889. The van der Waals surface area contributed by atoms with Crippen LogP contribution in [0, 0.1) is 17.2 Å². The van der Waals surface area contributed by atoms with Crippen molar-refractivity contribution < 1.29 is 14.3 Å². The van der Waals surface area contributed by atoms with Crippen LogP contribution in [0.25, 0.3) is 0 Å². The molecule has 0 saturated carbocycles. The van der Waals surface area contributed by atoms with Gasteiger partial charge in [0.1, 0.15) is 11.1 Å². The minimum atomic E-state index is -0.387. The third kappa shape index (κ3) is 7.24. The van der Waals surface area contributed by atoms with Crippen LogP contribution in [0.5, 0.6) is 0 Å². The second kappa shape index (κ2) is 11.2. The van der Waals surface area contributed by atoms with Crippen LogP contribution in [0.3, 0.4) is 0 Å². The lowest BCUT2D eigenvalue weighted by atomic mass is 10.1. The largest absolute Gasteiger partial charge is 0.462 e. The van der Waals surface area contributed by atoms with Crippen LogP contribution in [0.15, 0.2) is 41.4 Å². The number of amides is 1. The van der Waals surface area contributed by atoms with Crippen molar-refractivity contribution in [2.24, 2.45) is 5.92 Å². The zero-order valence-electron chi connectivity index (χ0n) is 16.9. The number of nitriles is 1. The van der Waals surface area contributed by atoms with Crippen molar-refractivity contribution in [1.82, 2.24) is 4.98 Å². The Hall–Kier alpha value is -2.85. The number of pyridine rings is 1. The summed E-state index contributed by atoms with van der Waals surface area (Å²) in [4.78, 5) is 28.4. The summed E-state index contributed by atoms with van der Waals surface area (Å²) in [5.74, 6) is 0.467. The first-order valence-electron chi connectivity index (χ1n) is 9.52. The number of esters is 1. The van der Waals surface area contributed by atoms with E-state index >= 15 is 0 Å². The summed E-state index contributed by atoms with van der Waals surface area (Å²) in [7, 11) is 0. The Balaban J connectivity index is 1.88. The number of anilines is 1. The van der Waals surface area contributed by atoms with E-state index in [1.807, 2.05) is 6.07 Å². The van der Waals surface area contributed by atoms with Crippen LogP contribution in [-0.4, -0.2) is 29.2 Å². The molecule has 1 aromatic heterocycles. The highest BCUT2D eigenvalue weighted by molar-refractivity contribution is 7.99. The molecule has 29 heavy (non-hydrogen) atoms. The van der Waals surface area contributed by atoms with Gasteiger partial charge in [0.15, 0.2) is 0 Å². The number of nitrogens with one attached hydrogen (secondary N) is 1. The number of carbonyl (C=O) groups excluding carboxylic acids is 2. The Morgan fingerprint density at radius 1 is 1.21 bits per heavy atom. The summed E-state index contributed by atoms with van der Waals surface area (Å²) in [6.45, 7) is 6.31. The van der Waals surface area contributed by atoms with Gasteiger partial charge in [0.05, 0.1) is 17.7 Å². The van der Waals surface area contributed by atoms with Gasteiger partial charge in [-0.3, -0.25) is 4.79 Å². The fraction of sp³-hybridized carbons (Fsp3) is 0.364. The van der Waals surface area contributed by atoms with E-state index in [4.69, 9.17) is 4.74 Å². The Morgan fingerprint density at radius 3 is 2.55 bits per heavy atom. The number of hydrogen-bond acceptors (Lipinski definition) is 6. The van der Waals surface area contributed by atoms with Gasteiger partial charge in [0.25, 0.3) is 0 Å². The maximum absolute atomic E-state index is 12.2. The van der Waals surface area contributed by atoms with E-state index < -0.39 is 0 Å². The highest BCUT2D eigenvalue weighted by Crippen LogP contribution is 2.22. The average Bonchev–Trinajstić information content (AvgIpc) is 2.68. The van der Waals surface area contributed by atoms with E-state index in [2.05, 4.69) is 30.2 Å². The van der Waals surface area contributed by atoms with E-state index in [1.54, 1.807) is 37.3 Å². The van der Waals surface area contributed by atoms with Gasteiger partial charge in [-0.2, -0.15) is 5.26 Å². The molecule has 0 unspecified atom stereocenters. The van der Waals surface area contributed by atoms with Crippen LogP contribution in [0.2, 0.25) is 0 Å². The van der Waals surface area contributed by atoms with E-state index in [0.29, 0.717) is 40.1 Å². The summed E-state index contributed by atoms with van der Waals surface area (Å²) in [6, 6.07) is 12.4. The van der Waals surface area contributed by atoms with Gasteiger partial charge < -0.3 is 10.1 Å². The van der Waals surface area contributed by atoms with Gasteiger partial charge in [-0.15, -0.1) is 11.8 Å². The molecule has 2 aromatic rings.